The highest BCUT2D eigenvalue weighted by molar-refractivity contribution is 6.45. The number of hydrogen-bond acceptors (Lipinski definition) is 6. The molecule has 0 aromatic heterocycles. The Hall–Kier alpha value is -0.540. The SMILES string of the molecule is COC(OC)C(=O)[C@@]12OC(C)(C)O[C@@H]1C[C@H]1[C@@H]3C[C@H](F)C4=C(Cl)C(=O)C=C[C@]4(C)[C@@]3(Cl)[C@@H](Cl)C[C@@]12C. The standard InChI is InChI=1S/C26H32Cl3FO6/c1-22(2)35-17-10-12-13-9-14(30)18-19(28)15(31)7-8-23(18,3)25(13,29)16(27)11-24(12,4)26(17,36-22)20(32)21(33-5)34-6/h7-8,12-14,16-17,21H,9-11H2,1-6H3/t12-,13-,14-,16-,17+,23-,24-,25-,26-/m0/s1. The Bertz CT molecular complexity index is 1070. The number of allylic oxidation sites excluding steroid dienone is 4. The Labute approximate surface area is 225 Å². The lowest BCUT2D eigenvalue weighted by molar-refractivity contribution is -0.226. The van der Waals surface area contributed by atoms with E-state index >= 15 is 4.39 Å². The second-order valence-corrected chi connectivity index (χ2v) is 13.2. The zero-order valence-corrected chi connectivity index (χ0v) is 23.5. The van der Waals surface area contributed by atoms with E-state index in [1.165, 1.54) is 20.3 Å². The van der Waals surface area contributed by atoms with E-state index in [0.29, 0.717) is 12.8 Å². The smallest absolute Gasteiger partial charge is 0.223 e. The molecule has 0 aromatic carbocycles. The molecule has 0 amide bonds. The Morgan fingerprint density at radius 1 is 1.17 bits per heavy atom. The molecule has 0 unspecified atom stereocenters. The molecule has 6 nitrogen and oxygen atoms in total. The lowest BCUT2D eigenvalue weighted by atomic mass is 9.46. The van der Waals surface area contributed by atoms with E-state index in [2.05, 4.69) is 0 Å². The van der Waals surface area contributed by atoms with Gasteiger partial charge in [0.1, 0.15) is 6.17 Å². The highest BCUT2D eigenvalue weighted by Crippen LogP contribution is 2.74. The third-order valence-corrected chi connectivity index (χ3v) is 11.6. The summed E-state index contributed by atoms with van der Waals surface area (Å²) in [5.41, 5.74) is -3.19. The number of halogens is 4. The van der Waals surface area contributed by atoms with Gasteiger partial charge in [0.05, 0.1) is 21.4 Å². The van der Waals surface area contributed by atoms with Crippen molar-refractivity contribution < 1.29 is 32.9 Å². The average molecular weight is 566 g/mol. The fraction of sp³-hybridized carbons (Fsp3) is 0.769. The monoisotopic (exact) mass is 564 g/mol. The largest absolute Gasteiger partial charge is 0.349 e. The summed E-state index contributed by atoms with van der Waals surface area (Å²) in [6.07, 6.45) is 0.458. The predicted octanol–water partition coefficient (Wildman–Crippen LogP) is 5.08. The minimum absolute atomic E-state index is 0.0214. The quantitative estimate of drug-likeness (QED) is 0.350. The predicted molar refractivity (Wildman–Crippen MR) is 133 cm³/mol. The molecule has 1 heterocycles. The van der Waals surface area contributed by atoms with Crippen LogP contribution in [0.2, 0.25) is 0 Å². The van der Waals surface area contributed by atoms with Crippen molar-refractivity contribution >= 4 is 46.4 Å². The number of carbonyl (C=O) groups excluding carboxylic acids is 2. The van der Waals surface area contributed by atoms with Crippen molar-refractivity contribution in [3.63, 3.8) is 0 Å². The van der Waals surface area contributed by atoms with E-state index in [1.807, 2.05) is 6.92 Å². The molecule has 0 radical (unpaired) electrons. The molecule has 5 rings (SSSR count). The van der Waals surface area contributed by atoms with Crippen LogP contribution < -0.4 is 0 Å². The van der Waals surface area contributed by atoms with Crippen LogP contribution >= 0.6 is 34.8 Å². The van der Waals surface area contributed by atoms with Crippen LogP contribution in [0.4, 0.5) is 4.39 Å². The molecule has 36 heavy (non-hydrogen) atoms. The molecule has 5 aliphatic rings. The van der Waals surface area contributed by atoms with E-state index in [0.717, 1.165) is 0 Å². The van der Waals surface area contributed by atoms with Gasteiger partial charge in [0.2, 0.25) is 12.1 Å². The first-order chi connectivity index (χ1) is 16.6. The average Bonchev–Trinajstić information content (AvgIpc) is 3.20. The summed E-state index contributed by atoms with van der Waals surface area (Å²) >= 11 is 21.1. The van der Waals surface area contributed by atoms with E-state index in [1.54, 1.807) is 26.8 Å². The number of ketones is 2. The molecule has 4 aliphatic carbocycles. The van der Waals surface area contributed by atoms with Gasteiger partial charge in [0.25, 0.3) is 0 Å². The van der Waals surface area contributed by atoms with Crippen molar-refractivity contribution in [2.24, 2.45) is 22.7 Å². The van der Waals surface area contributed by atoms with Gasteiger partial charge in [-0.05, 0) is 56.6 Å². The van der Waals surface area contributed by atoms with Crippen LogP contribution in [0.3, 0.4) is 0 Å². The number of rotatable bonds is 4. The molecule has 1 aliphatic heterocycles. The van der Waals surface area contributed by atoms with Crippen molar-refractivity contribution in [3.8, 4) is 0 Å². The zero-order chi connectivity index (χ0) is 26.6. The molecular weight excluding hydrogens is 534 g/mol. The molecule has 3 saturated carbocycles. The van der Waals surface area contributed by atoms with Gasteiger partial charge < -0.3 is 18.9 Å². The lowest BCUT2D eigenvalue weighted by Gasteiger charge is -2.64. The molecule has 0 aromatic rings. The summed E-state index contributed by atoms with van der Waals surface area (Å²) in [5, 5.41) is -0.839. The van der Waals surface area contributed by atoms with Crippen molar-refractivity contribution in [3.05, 3.63) is 22.8 Å². The molecule has 0 bridgehead atoms. The normalized spacial score (nSPS) is 49.1. The number of ether oxygens (including phenoxy) is 4. The number of methoxy groups -OCH3 is 2. The van der Waals surface area contributed by atoms with Crippen LogP contribution in [-0.2, 0) is 28.5 Å². The summed E-state index contributed by atoms with van der Waals surface area (Å²) in [7, 11) is 2.79. The minimum atomic E-state index is -1.49. The second kappa shape index (κ2) is 8.23. The highest BCUT2D eigenvalue weighted by Gasteiger charge is 2.80. The number of carbonyl (C=O) groups is 2. The van der Waals surface area contributed by atoms with Gasteiger partial charge in [-0.1, -0.05) is 31.5 Å². The molecular formula is C26H32Cl3FO6. The first-order valence-corrected chi connectivity index (χ1v) is 13.4. The molecule has 9 atom stereocenters. The Morgan fingerprint density at radius 3 is 2.42 bits per heavy atom. The summed E-state index contributed by atoms with van der Waals surface area (Å²) in [6, 6.07) is 0. The summed E-state index contributed by atoms with van der Waals surface area (Å²) in [6.45, 7) is 7.30. The number of Topliss-reactive ketones (excluding diaryl/α,β-unsaturated/α-hetero) is 1. The van der Waals surface area contributed by atoms with Crippen LogP contribution in [0, 0.1) is 22.7 Å². The van der Waals surface area contributed by atoms with Crippen LogP contribution in [0.15, 0.2) is 22.8 Å². The highest BCUT2D eigenvalue weighted by atomic mass is 35.5. The maximum absolute atomic E-state index is 15.9. The molecule has 0 N–H and O–H groups in total. The van der Waals surface area contributed by atoms with Crippen LogP contribution in [-0.4, -0.2) is 66.0 Å². The first kappa shape index (κ1) is 27.0. The number of fused-ring (bicyclic) bond motifs is 7. The lowest BCUT2D eigenvalue weighted by Crippen LogP contribution is -2.70. The Balaban J connectivity index is 1.67. The third kappa shape index (κ3) is 3.05. The molecule has 10 heteroatoms. The van der Waals surface area contributed by atoms with Crippen LogP contribution in [0.25, 0.3) is 0 Å². The fourth-order valence-electron chi connectivity index (χ4n) is 8.25. The molecule has 4 fully saturated rings. The van der Waals surface area contributed by atoms with Crippen molar-refractivity contribution in [1.82, 2.24) is 0 Å². The van der Waals surface area contributed by atoms with Gasteiger partial charge in [-0.2, -0.15) is 0 Å². The van der Waals surface area contributed by atoms with E-state index in [4.69, 9.17) is 53.8 Å². The minimum Gasteiger partial charge on any atom is -0.349 e. The van der Waals surface area contributed by atoms with E-state index < -0.39 is 62.7 Å². The Morgan fingerprint density at radius 2 is 1.81 bits per heavy atom. The van der Waals surface area contributed by atoms with Crippen molar-refractivity contribution in [2.75, 3.05) is 14.2 Å². The zero-order valence-electron chi connectivity index (χ0n) is 21.2. The first-order valence-electron chi connectivity index (χ1n) is 12.2. The van der Waals surface area contributed by atoms with Crippen molar-refractivity contribution in [2.45, 2.75) is 87.2 Å². The van der Waals surface area contributed by atoms with Gasteiger partial charge in [0, 0.05) is 25.0 Å². The van der Waals surface area contributed by atoms with Crippen LogP contribution in [0.5, 0.6) is 0 Å². The van der Waals surface area contributed by atoms with Gasteiger partial charge in [-0.15, -0.1) is 23.2 Å². The number of hydrogen-bond donors (Lipinski definition) is 0. The van der Waals surface area contributed by atoms with Gasteiger partial charge in [-0.3, -0.25) is 9.59 Å². The number of alkyl halides is 3. The van der Waals surface area contributed by atoms with Gasteiger partial charge in [-0.25, -0.2) is 4.39 Å². The van der Waals surface area contributed by atoms with E-state index in [-0.39, 0.29) is 28.7 Å². The summed E-state index contributed by atoms with van der Waals surface area (Å²) in [4.78, 5) is 25.2. The Kier molecular flexibility index (Phi) is 6.18. The molecule has 200 valence electrons. The topological polar surface area (TPSA) is 71.1 Å². The van der Waals surface area contributed by atoms with Crippen molar-refractivity contribution in [1.29, 1.82) is 0 Å². The summed E-state index contributed by atoms with van der Waals surface area (Å²) in [5.74, 6) is -2.59. The van der Waals surface area contributed by atoms with E-state index in [9.17, 15) is 9.59 Å². The van der Waals surface area contributed by atoms with Gasteiger partial charge >= 0.3 is 0 Å². The molecule has 0 spiro atoms. The second-order valence-electron chi connectivity index (χ2n) is 11.6. The third-order valence-electron chi connectivity index (χ3n) is 9.66. The van der Waals surface area contributed by atoms with Crippen LogP contribution in [0.1, 0.15) is 47.0 Å². The fourth-order valence-corrected chi connectivity index (χ4v) is 9.82. The van der Waals surface area contributed by atoms with Gasteiger partial charge in [0.15, 0.2) is 17.2 Å². The maximum Gasteiger partial charge on any atom is 0.223 e. The summed E-state index contributed by atoms with van der Waals surface area (Å²) < 4.78 is 39.5. The maximum atomic E-state index is 15.9. The molecule has 1 saturated heterocycles.